The Morgan fingerprint density at radius 2 is 1.75 bits per heavy atom. The highest BCUT2D eigenvalue weighted by Gasteiger charge is 2.25. The molecule has 8 heteroatoms. The van der Waals surface area contributed by atoms with E-state index in [4.69, 9.17) is 23.2 Å². The van der Waals surface area contributed by atoms with Crippen LogP contribution in [0.15, 0.2) is 33.9 Å². The molecule has 1 amide bonds. The molecule has 24 heavy (non-hydrogen) atoms. The van der Waals surface area contributed by atoms with Crippen molar-refractivity contribution < 1.29 is 4.79 Å². The fourth-order valence-electron chi connectivity index (χ4n) is 2.94. The SMILES string of the molecule is O=C(c1cc(=O)[nH]c(=O)[nH]1)N1CCC(c2ccc(Cl)c(Cl)c2)CC1. The zero-order valence-corrected chi connectivity index (χ0v) is 14.2. The van der Waals surface area contributed by atoms with Crippen molar-refractivity contribution in [2.75, 3.05) is 13.1 Å². The summed E-state index contributed by atoms with van der Waals surface area (Å²) in [6, 6.07) is 6.69. The maximum atomic E-state index is 12.4. The predicted octanol–water partition coefficient (Wildman–Crippen LogP) is 2.39. The van der Waals surface area contributed by atoms with E-state index in [1.54, 1.807) is 11.0 Å². The van der Waals surface area contributed by atoms with E-state index in [2.05, 4.69) is 4.98 Å². The number of nitrogens with zero attached hydrogens (tertiary/aromatic N) is 1. The van der Waals surface area contributed by atoms with Gasteiger partial charge in [0.2, 0.25) is 0 Å². The van der Waals surface area contributed by atoms with Gasteiger partial charge in [-0.3, -0.25) is 14.6 Å². The van der Waals surface area contributed by atoms with E-state index < -0.39 is 11.2 Å². The molecule has 1 fully saturated rings. The van der Waals surface area contributed by atoms with Crippen LogP contribution in [0.4, 0.5) is 0 Å². The number of rotatable bonds is 2. The van der Waals surface area contributed by atoms with Crippen molar-refractivity contribution in [2.24, 2.45) is 0 Å². The van der Waals surface area contributed by atoms with Crippen LogP contribution in [0, 0.1) is 0 Å². The van der Waals surface area contributed by atoms with E-state index in [1.807, 2.05) is 17.1 Å². The van der Waals surface area contributed by atoms with Gasteiger partial charge in [0.05, 0.1) is 10.0 Å². The third-order valence-electron chi connectivity index (χ3n) is 4.19. The van der Waals surface area contributed by atoms with Gasteiger partial charge in [-0.25, -0.2) is 4.79 Å². The first kappa shape index (κ1) is 16.8. The Labute approximate surface area is 147 Å². The standard InChI is InChI=1S/C16H15Cl2N3O3/c17-11-2-1-10(7-12(11)18)9-3-5-21(6-4-9)15(23)13-8-14(22)20-16(24)19-13/h1-2,7-9H,3-6H2,(H2,19,20,22,24). The van der Waals surface area contributed by atoms with Crippen LogP contribution in [-0.2, 0) is 0 Å². The number of nitrogens with one attached hydrogen (secondary N) is 2. The Morgan fingerprint density at radius 1 is 1.04 bits per heavy atom. The monoisotopic (exact) mass is 367 g/mol. The molecule has 6 nitrogen and oxygen atoms in total. The smallest absolute Gasteiger partial charge is 0.326 e. The molecule has 0 saturated carbocycles. The predicted molar refractivity (Wildman–Crippen MR) is 92.0 cm³/mol. The number of aromatic nitrogens is 2. The minimum atomic E-state index is -0.684. The molecule has 0 unspecified atom stereocenters. The number of carbonyl (C=O) groups excluding carboxylic acids is 1. The van der Waals surface area contributed by atoms with Gasteiger partial charge < -0.3 is 9.88 Å². The lowest BCUT2D eigenvalue weighted by Gasteiger charge is -2.32. The van der Waals surface area contributed by atoms with Crippen LogP contribution < -0.4 is 11.2 Å². The van der Waals surface area contributed by atoms with Crippen LogP contribution in [0.3, 0.4) is 0 Å². The van der Waals surface area contributed by atoms with Crippen LogP contribution in [0.1, 0.15) is 34.8 Å². The van der Waals surface area contributed by atoms with Gasteiger partial charge in [-0.05, 0) is 36.5 Å². The van der Waals surface area contributed by atoms with Crippen molar-refractivity contribution in [3.63, 3.8) is 0 Å². The molecule has 2 N–H and O–H groups in total. The van der Waals surface area contributed by atoms with Crippen LogP contribution in [0.2, 0.25) is 10.0 Å². The van der Waals surface area contributed by atoms with Gasteiger partial charge in [-0.2, -0.15) is 0 Å². The fourth-order valence-corrected chi connectivity index (χ4v) is 3.24. The van der Waals surface area contributed by atoms with Crippen molar-refractivity contribution in [1.82, 2.24) is 14.9 Å². The Kier molecular flexibility index (Phi) is 4.78. The molecule has 0 atom stereocenters. The fraction of sp³-hybridized carbons (Fsp3) is 0.312. The van der Waals surface area contributed by atoms with E-state index in [0.717, 1.165) is 24.5 Å². The maximum Gasteiger partial charge on any atom is 0.326 e. The Morgan fingerprint density at radius 3 is 2.38 bits per heavy atom. The lowest BCUT2D eigenvalue weighted by atomic mass is 9.89. The highest BCUT2D eigenvalue weighted by molar-refractivity contribution is 6.42. The molecule has 1 saturated heterocycles. The summed E-state index contributed by atoms with van der Waals surface area (Å²) in [5.74, 6) is -0.0483. The molecule has 126 valence electrons. The van der Waals surface area contributed by atoms with Crippen molar-refractivity contribution in [2.45, 2.75) is 18.8 Å². The first-order chi connectivity index (χ1) is 11.4. The van der Waals surface area contributed by atoms with E-state index in [9.17, 15) is 14.4 Å². The third kappa shape index (κ3) is 3.55. The maximum absolute atomic E-state index is 12.4. The minimum Gasteiger partial charge on any atom is -0.337 e. The van der Waals surface area contributed by atoms with Gasteiger partial charge in [0, 0.05) is 19.2 Å². The largest absolute Gasteiger partial charge is 0.337 e. The lowest BCUT2D eigenvalue weighted by molar-refractivity contribution is 0.0706. The topological polar surface area (TPSA) is 86.0 Å². The molecule has 1 aromatic heterocycles. The van der Waals surface area contributed by atoms with Crippen molar-refractivity contribution >= 4 is 29.1 Å². The second-order valence-corrected chi connectivity index (χ2v) is 6.56. The number of aromatic amines is 2. The van der Waals surface area contributed by atoms with Gasteiger partial charge >= 0.3 is 5.69 Å². The summed E-state index contributed by atoms with van der Waals surface area (Å²) in [5.41, 5.74) is -0.165. The zero-order chi connectivity index (χ0) is 17.3. The number of carbonyl (C=O) groups is 1. The summed E-state index contributed by atoms with van der Waals surface area (Å²) >= 11 is 12.0. The minimum absolute atomic E-state index is 0.0109. The number of amides is 1. The van der Waals surface area contributed by atoms with Gasteiger partial charge in [0.25, 0.3) is 11.5 Å². The summed E-state index contributed by atoms with van der Waals surface area (Å²) in [4.78, 5) is 41.1. The number of likely N-dealkylation sites (tertiary alicyclic amines) is 1. The average Bonchev–Trinajstić information content (AvgIpc) is 2.56. The van der Waals surface area contributed by atoms with Gasteiger partial charge in [-0.1, -0.05) is 29.3 Å². The Hall–Kier alpha value is -2.05. The van der Waals surface area contributed by atoms with E-state index >= 15 is 0 Å². The summed E-state index contributed by atoms with van der Waals surface area (Å²) < 4.78 is 0. The summed E-state index contributed by atoms with van der Waals surface area (Å²) in [6.45, 7) is 1.08. The highest BCUT2D eigenvalue weighted by atomic mass is 35.5. The zero-order valence-electron chi connectivity index (χ0n) is 12.6. The van der Waals surface area contributed by atoms with Gasteiger partial charge in [-0.15, -0.1) is 0 Å². The molecule has 0 aliphatic carbocycles. The van der Waals surface area contributed by atoms with Gasteiger partial charge in [0.1, 0.15) is 5.69 Å². The van der Waals surface area contributed by atoms with Crippen molar-refractivity contribution in [1.29, 1.82) is 0 Å². The summed E-state index contributed by atoms with van der Waals surface area (Å²) in [7, 11) is 0. The van der Waals surface area contributed by atoms with Gasteiger partial charge in [0.15, 0.2) is 0 Å². The van der Waals surface area contributed by atoms with Crippen LogP contribution in [-0.4, -0.2) is 33.9 Å². The number of piperidine rings is 1. The highest BCUT2D eigenvalue weighted by Crippen LogP contribution is 2.32. The molecule has 3 rings (SSSR count). The van der Waals surface area contributed by atoms with E-state index in [0.29, 0.717) is 29.1 Å². The Bertz CT molecular complexity index is 854. The number of hydrogen-bond acceptors (Lipinski definition) is 3. The second kappa shape index (κ2) is 6.83. The molecule has 1 aliphatic rings. The lowest BCUT2D eigenvalue weighted by Crippen LogP contribution is -2.39. The van der Waals surface area contributed by atoms with E-state index in [1.165, 1.54) is 0 Å². The third-order valence-corrected chi connectivity index (χ3v) is 4.93. The van der Waals surface area contributed by atoms with Crippen LogP contribution in [0.5, 0.6) is 0 Å². The molecular formula is C16H15Cl2N3O3. The first-order valence-electron chi connectivity index (χ1n) is 7.52. The molecule has 2 aromatic rings. The Balaban J connectivity index is 1.70. The number of benzene rings is 1. The number of hydrogen-bond donors (Lipinski definition) is 2. The molecule has 1 aliphatic heterocycles. The molecule has 0 bridgehead atoms. The summed E-state index contributed by atoms with van der Waals surface area (Å²) in [6.07, 6.45) is 1.55. The molecule has 0 radical (unpaired) electrons. The molecule has 0 spiro atoms. The van der Waals surface area contributed by atoms with Crippen LogP contribution in [0.25, 0.3) is 0 Å². The number of H-pyrrole nitrogens is 2. The van der Waals surface area contributed by atoms with Crippen molar-refractivity contribution in [3.8, 4) is 0 Å². The first-order valence-corrected chi connectivity index (χ1v) is 8.27. The second-order valence-electron chi connectivity index (χ2n) is 5.74. The normalized spacial score (nSPS) is 15.5. The summed E-state index contributed by atoms with van der Waals surface area (Å²) in [5, 5.41) is 1.04. The number of halogens is 2. The van der Waals surface area contributed by atoms with Crippen molar-refractivity contribution in [3.05, 3.63) is 66.4 Å². The quantitative estimate of drug-likeness (QED) is 0.854. The molecular weight excluding hydrogens is 353 g/mol. The van der Waals surface area contributed by atoms with Crippen LogP contribution >= 0.6 is 23.2 Å². The molecule has 2 heterocycles. The van der Waals surface area contributed by atoms with E-state index in [-0.39, 0.29) is 11.6 Å². The average molecular weight is 368 g/mol. The molecule has 1 aromatic carbocycles.